The molecule has 1 atom stereocenters. The Morgan fingerprint density at radius 2 is 1.70 bits per heavy atom. The lowest BCUT2D eigenvalue weighted by Crippen LogP contribution is -2.31. The number of aryl methyl sites for hydroxylation is 1. The van der Waals surface area contributed by atoms with E-state index in [4.69, 9.17) is 5.73 Å². The first kappa shape index (κ1) is 17.2. The molecule has 0 aromatic heterocycles. The predicted molar refractivity (Wildman–Crippen MR) is 88.0 cm³/mol. The minimum atomic E-state index is 0.107. The summed E-state index contributed by atoms with van der Waals surface area (Å²) in [5.74, 6) is 0. The predicted octanol–water partition coefficient (Wildman–Crippen LogP) is 2.52. The van der Waals surface area contributed by atoms with Gasteiger partial charge in [0.1, 0.15) is 0 Å². The maximum absolute atomic E-state index is 6.30. The fourth-order valence-corrected chi connectivity index (χ4v) is 2.41. The van der Waals surface area contributed by atoms with Crippen LogP contribution in [0.1, 0.15) is 36.9 Å². The molecule has 1 aromatic carbocycles. The highest BCUT2D eigenvalue weighted by Gasteiger charge is 2.09. The zero-order valence-corrected chi connectivity index (χ0v) is 13.6. The number of rotatable bonds is 9. The molecule has 0 heterocycles. The number of likely N-dealkylation sites (N-methyl/N-ethyl adjacent to an activating group) is 1. The van der Waals surface area contributed by atoms with Crippen LogP contribution in [-0.2, 0) is 6.42 Å². The van der Waals surface area contributed by atoms with Crippen molar-refractivity contribution in [1.29, 1.82) is 0 Å². The van der Waals surface area contributed by atoms with Crippen molar-refractivity contribution >= 4 is 0 Å². The van der Waals surface area contributed by atoms with Gasteiger partial charge in [-0.1, -0.05) is 37.6 Å². The summed E-state index contributed by atoms with van der Waals surface area (Å²) in [6.07, 6.45) is 3.53. The average molecular weight is 277 g/mol. The summed E-state index contributed by atoms with van der Waals surface area (Å²) in [6.45, 7) is 5.36. The van der Waals surface area contributed by atoms with Crippen molar-refractivity contribution in [1.82, 2.24) is 9.80 Å². The van der Waals surface area contributed by atoms with Gasteiger partial charge in [0, 0.05) is 12.6 Å². The summed E-state index contributed by atoms with van der Waals surface area (Å²) < 4.78 is 0. The maximum atomic E-state index is 6.30. The molecule has 0 aliphatic heterocycles. The highest BCUT2D eigenvalue weighted by Crippen LogP contribution is 2.13. The third-order valence-corrected chi connectivity index (χ3v) is 3.60. The molecule has 0 spiro atoms. The zero-order chi connectivity index (χ0) is 15.0. The van der Waals surface area contributed by atoms with Gasteiger partial charge < -0.3 is 15.5 Å². The molecule has 0 aliphatic carbocycles. The summed E-state index contributed by atoms with van der Waals surface area (Å²) >= 11 is 0. The van der Waals surface area contributed by atoms with E-state index in [1.165, 1.54) is 24.0 Å². The van der Waals surface area contributed by atoms with Crippen LogP contribution in [0.3, 0.4) is 0 Å². The van der Waals surface area contributed by atoms with Gasteiger partial charge in [-0.2, -0.15) is 0 Å². The molecule has 3 heteroatoms. The molecule has 0 aliphatic rings. The fourth-order valence-electron chi connectivity index (χ4n) is 2.41. The second-order valence-corrected chi connectivity index (χ2v) is 6.02. The summed E-state index contributed by atoms with van der Waals surface area (Å²) in [6, 6.07) is 8.90. The molecule has 0 saturated heterocycles. The van der Waals surface area contributed by atoms with Crippen molar-refractivity contribution in [3.05, 3.63) is 35.4 Å². The molecule has 114 valence electrons. The van der Waals surface area contributed by atoms with Crippen LogP contribution in [0.2, 0.25) is 0 Å². The fraction of sp³-hybridized carbons (Fsp3) is 0.647. The van der Waals surface area contributed by atoms with E-state index in [9.17, 15) is 0 Å². The van der Waals surface area contributed by atoms with Crippen LogP contribution in [0.4, 0.5) is 0 Å². The van der Waals surface area contributed by atoms with Gasteiger partial charge in [-0.15, -0.1) is 0 Å². The third-order valence-electron chi connectivity index (χ3n) is 3.60. The third kappa shape index (κ3) is 6.51. The minimum Gasteiger partial charge on any atom is -0.323 e. The van der Waals surface area contributed by atoms with Crippen LogP contribution >= 0.6 is 0 Å². The normalized spacial score (nSPS) is 13.2. The average Bonchev–Trinajstić information content (AvgIpc) is 2.39. The molecule has 20 heavy (non-hydrogen) atoms. The molecular weight excluding hydrogens is 246 g/mol. The molecule has 0 amide bonds. The van der Waals surface area contributed by atoms with Gasteiger partial charge >= 0.3 is 0 Å². The van der Waals surface area contributed by atoms with Gasteiger partial charge in [-0.25, -0.2) is 0 Å². The standard InChI is InChI=1S/C17H31N3/c1-5-7-15-8-10-16(11-9-15)17(18)14-20(4)13-6-12-19(2)3/h8-11,17H,5-7,12-14,18H2,1-4H3. The van der Waals surface area contributed by atoms with Gasteiger partial charge in [0.05, 0.1) is 0 Å². The summed E-state index contributed by atoms with van der Waals surface area (Å²) in [5.41, 5.74) is 8.94. The molecule has 2 N–H and O–H groups in total. The molecule has 0 bridgehead atoms. The van der Waals surface area contributed by atoms with Crippen molar-refractivity contribution in [2.75, 3.05) is 40.8 Å². The van der Waals surface area contributed by atoms with Gasteiger partial charge in [-0.3, -0.25) is 0 Å². The number of nitrogens with two attached hydrogens (primary N) is 1. The summed E-state index contributed by atoms with van der Waals surface area (Å²) in [7, 11) is 6.38. The zero-order valence-electron chi connectivity index (χ0n) is 13.6. The monoisotopic (exact) mass is 277 g/mol. The molecular formula is C17H31N3. The number of nitrogens with zero attached hydrogens (tertiary/aromatic N) is 2. The van der Waals surface area contributed by atoms with E-state index >= 15 is 0 Å². The van der Waals surface area contributed by atoms with Crippen LogP contribution < -0.4 is 5.73 Å². The first-order valence-electron chi connectivity index (χ1n) is 7.70. The van der Waals surface area contributed by atoms with E-state index in [-0.39, 0.29) is 6.04 Å². The molecule has 0 radical (unpaired) electrons. The Balaban J connectivity index is 2.39. The highest BCUT2D eigenvalue weighted by molar-refractivity contribution is 5.25. The van der Waals surface area contributed by atoms with Crippen molar-refractivity contribution in [2.45, 2.75) is 32.2 Å². The van der Waals surface area contributed by atoms with Gasteiger partial charge in [-0.05, 0) is 58.2 Å². The molecule has 0 fully saturated rings. The molecule has 0 saturated carbocycles. The first-order valence-corrected chi connectivity index (χ1v) is 7.70. The van der Waals surface area contributed by atoms with Crippen molar-refractivity contribution in [3.8, 4) is 0 Å². The van der Waals surface area contributed by atoms with Crippen LogP contribution in [-0.4, -0.2) is 50.6 Å². The lowest BCUT2D eigenvalue weighted by atomic mass is 10.0. The Morgan fingerprint density at radius 3 is 2.25 bits per heavy atom. The largest absolute Gasteiger partial charge is 0.323 e. The van der Waals surface area contributed by atoms with Gasteiger partial charge in [0.25, 0.3) is 0 Å². The minimum absolute atomic E-state index is 0.107. The number of hydrogen-bond acceptors (Lipinski definition) is 3. The van der Waals surface area contributed by atoms with Crippen LogP contribution in [0.25, 0.3) is 0 Å². The Labute approximate surface area is 124 Å². The maximum Gasteiger partial charge on any atom is 0.0424 e. The number of hydrogen-bond donors (Lipinski definition) is 1. The van der Waals surface area contributed by atoms with Gasteiger partial charge in [0.15, 0.2) is 0 Å². The summed E-state index contributed by atoms with van der Waals surface area (Å²) in [4.78, 5) is 4.55. The second kappa shape index (κ2) is 9.11. The van der Waals surface area contributed by atoms with E-state index in [1.807, 2.05) is 0 Å². The SMILES string of the molecule is CCCc1ccc(C(N)CN(C)CCCN(C)C)cc1. The second-order valence-electron chi connectivity index (χ2n) is 6.02. The topological polar surface area (TPSA) is 32.5 Å². The lowest BCUT2D eigenvalue weighted by molar-refractivity contribution is 0.286. The summed E-state index contributed by atoms with van der Waals surface area (Å²) in [5, 5.41) is 0. The Bertz CT molecular complexity index is 359. The molecule has 1 unspecified atom stereocenters. The Kier molecular flexibility index (Phi) is 7.82. The van der Waals surface area contributed by atoms with Crippen molar-refractivity contribution in [2.24, 2.45) is 5.73 Å². The van der Waals surface area contributed by atoms with E-state index in [2.05, 4.69) is 62.1 Å². The van der Waals surface area contributed by atoms with E-state index in [1.54, 1.807) is 0 Å². The first-order chi connectivity index (χ1) is 9.52. The van der Waals surface area contributed by atoms with Crippen LogP contribution in [0.5, 0.6) is 0 Å². The molecule has 3 nitrogen and oxygen atoms in total. The quantitative estimate of drug-likeness (QED) is 0.753. The van der Waals surface area contributed by atoms with E-state index in [0.29, 0.717) is 0 Å². The van der Waals surface area contributed by atoms with E-state index < -0.39 is 0 Å². The Hall–Kier alpha value is -0.900. The van der Waals surface area contributed by atoms with E-state index in [0.717, 1.165) is 26.1 Å². The van der Waals surface area contributed by atoms with Crippen LogP contribution in [0, 0.1) is 0 Å². The lowest BCUT2D eigenvalue weighted by Gasteiger charge is -2.22. The smallest absolute Gasteiger partial charge is 0.0424 e. The highest BCUT2D eigenvalue weighted by atomic mass is 15.1. The van der Waals surface area contributed by atoms with Crippen molar-refractivity contribution in [3.63, 3.8) is 0 Å². The molecule has 1 aromatic rings. The van der Waals surface area contributed by atoms with Crippen LogP contribution in [0.15, 0.2) is 24.3 Å². The Morgan fingerprint density at radius 1 is 1.05 bits per heavy atom. The number of benzene rings is 1. The van der Waals surface area contributed by atoms with Gasteiger partial charge in [0.2, 0.25) is 0 Å². The molecule has 1 rings (SSSR count). The van der Waals surface area contributed by atoms with Crippen molar-refractivity contribution < 1.29 is 0 Å².